The Kier molecular flexibility index (Phi) is 5.76. The molecule has 0 bridgehead atoms. The van der Waals surface area contributed by atoms with Crippen molar-refractivity contribution in [3.8, 4) is 17.6 Å². The van der Waals surface area contributed by atoms with Crippen LogP contribution in [0.3, 0.4) is 0 Å². The molecular weight excluding hydrogens is 332 g/mol. The molecule has 2 aromatic rings. The van der Waals surface area contributed by atoms with Crippen LogP contribution in [0.5, 0.6) is 11.5 Å². The number of carbonyl (C=O) groups is 2. The predicted molar refractivity (Wildman–Crippen MR) is 87.5 cm³/mol. The van der Waals surface area contributed by atoms with Crippen LogP contribution in [0.1, 0.15) is 15.9 Å². The average Bonchev–Trinajstić information content (AvgIpc) is 3.05. The van der Waals surface area contributed by atoms with E-state index >= 15 is 0 Å². The summed E-state index contributed by atoms with van der Waals surface area (Å²) in [6, 6.07) is 8.31. The van der Waals surface area contributed by atoms with Crippen molar-refractivity contribution in [3.05, 3.63) is 40.8 Å². The standard InChI is InChI=1S/C16H14N2O5S/c1-21-12-5-3-4-11(14(12)22-2)16(20)23-9-13(19)18-15-10(8-17)6-7-24-15/h3-7H,9H2,1-2H3,(H,18,19). The van der Waals surface area contributed by atoms with Crippen molar-refractivity contribution in [2.45, 2.75) is 0 Å². The molecule has 0 aliphatic heterocycles. The summed E-state index contributed by atoms with van der Waals surface area (Å²) >= 11 is 1.21. The van der Waals surface area contributed by atoms with Gasteiger partial charge in [-0.05, 0) is 23.6 Å². The number of rotatable bonds is 6. The number of carbonyl (C=O) groups excluding carboxylic acids is 2. The number of hydrogen-bond donors (Lipinski definition) is 1. The molecule has 0 saturated carbocycles. The van der Waals surface area contributed by atoms with Gasteiger partial charge < -0.3 is 19.5 Å². The van der Waals surface area contributed by atoms with Crippen molar-refractivity contribution in [3.63, 3.8) is 0 Å². The van der Waals surface area contributed by atoms with Gasteiger partial charge in [-0.3, -0.25) is 4.79 Å². The highest BCUT2D eigenvalue weighted by Gasteiger charge is 2.19. The van der Waals surface area contributed by atoms with Gasteiger partial charge in [0.2, 0.25) is 0 Å². The number of para-hydroxylation sites is 1. The van der Waals surface area contributed by atoms with Crippen LogP contribution in [0.2, 0.25) is 0 Å². The minimum absolute atomic E-state index is 0.151. The number of hydrogen-bond acceptors (Lipinski definition) is 7. The van der Waals surface area contributed by atoms with E-state index in [0.717, 1.165) is 0 Å². The second-order valence-corrected chi connectivity index (χ2v) is 5.36. The minimum Gasteiger partial charge on any atom is -0.493 e. The summed E-state index contributed by atoms with van der Waals surface area (Å²) in [5, 5.41) is 13.5. The van der Waals surface area contributed by atoms with Crippen LogP contribution in [0.4, 0.5) is 5.00 Å². The summed E-state index contributed by atoms with van der Waals surface area (Å²) in [5.41, 5.74) is 0.507. The quantitative estimate of drug-likeness (QED) is 0.807. The second kappa shape index (κ2) is 7.99. The zero-order valence-corrected chi connectivity index (χ0v) is 13.8. The van der Waals surface area contributed by atoms with E-state index in [4.69, 9.17) is 19.5 Å². The number of nitrogens with zero attached hydrogens (tertiary/aromatic N) is 1. The zero-order valence-electron chi connectivity index (χ0n) is 13.0. The van der Waals surface area contributed by atoms with Crippen LogP contribution in [-0.4, -0.2) is 32.7 Å². The highest BCUT2D eigenvalue weighted by atomic mass is 32.1. The highest BCUT2D eigenvalue weighted by molar-refractivity contribution is 7.14. The number of nitriles is 1. The summed E-state index contributed by atoms with van der Waals surface area (Å²) < 4.78 is 15.2. The Morgan fingerprint density at radius 1 is 1.25 bits per heavy atom. The van der Waals surface area contributed by atoms with Crippen LogP contribution in [0.25, 0.3) is 0 Å². The van der Waals surface area contributed by atoms with E-state index in [2.05, 4.69) is 5.32 Å². The molecule has 0 atom stereocenters. The van der Waals surface area contributed by atoms with Crippen molar-refractivity contribution >= 4 is 28.2 Å². The van der Waals surface area contributed by atoms with Crippen molar-refractivity contribution in [1.82, 2.24) is 0 Å². The van der Waals surface area contributed by atoms with Crippen LogP contribution in [-0.2, 0) is 9.53 Å². The molecule has 0 aliphatic carbocycles. The van der Waals surface area contributed by atoms with Crippen molar-refractivity contribution in [2.75, 3.05) is 26.1 Å². The Bertz CT molecular complexity index is 794. The molecule has 1 amide bonds. The molecule has 0 spiro atoms. The number of benzene rings is 1. The minimum atomic E-state index is -0.715. The summed E-state index contributed by atoms with van der Waals surface area (Å²) in [6.07, 6.45) is 0. The summed E-state index contributed by atoms with van der Waals surface area (Å²) in [4.78, 5) is 24.0. The van der Waals surface area contributed by atoms with E-state index in [1.807, 2.05) is 6.07 Å². The maximum atomic E-state index is 12.1. The zero-order chi connectivity index (χ0) is 17.5. The maximum absolute atomic E-state index is 12.1. The summed E-state index contributed by atoms with van der Waals surface area (Å²) in [7, 11) is 2.86. The first-order valence-electron chi connectivity index (χ1n) is 6.76. The van der Waals surface area contributed by atoms with E-state index in [9.17, 15) is 9.59 Å². The molecule has 1 heterocycles. The van der Waals surface area contributed by atoms with Crippen molar-refractivity contribution < 1.29 is 23.8 Å². The monoisotopic (exact) mass is 346 g/mol. The van der Waals surface area contributed by atoms with Crippen molar-refractivity contribution in [1.29, 1.82) is 5.26 Å². The Labute approximate surface area is 142 Å². The van der Waals surface area contributed by atoms with Gasteiger partial charge in [-0.25, -0.2) is 4.79 Å². The van der Waals surface area contributed by atoms with E-state index in [1.165, 1.54) is 31.6 Å². The Balaban J connectivity index is 2.01. The molecule has 0 aliphatic rings. The second-order valence-electron chi connectivity index (χ2n) is 4.44. The van der Waals surface area contributed by atoms with E-state index in [1.54, 1.807) is 23.6 Å². The molecule has 0 radical (unpaired) electrons. The summed E-state index contributed by atoms with van der Waals surface area (Å²) in [5.74, 6) is -0.638. The molecule has 1 aromatic heterocycles. The molecule has 8 heteroatoms. The first-order chi connectivity index (χ1) is 11.6. The third-order valence-electron chi connectivity index (χ3n) is 3.00. The van der Waals surface area contributed by atoms with Gasteiger partial charge in [0.1, 0.15) is 16.6 Å². The fourth-order valence-corrected chi connectivity index (χ4v) is 2.67. The molecular formula is C16H14N2O5S. The SMILES string of the molecule is COc1cccc(C(=O)OCC(=O)Nc2sccc2C#N)c1OC. The third-order valence-corrected chi connectivity index (χ3v) is 3.83. The lowest BCUT2D eigenvalue weighted by molar-refractivity contribution is -0.119. The molecule has 0 unspecified atom stereocenters. The number of nitrogens with one attached hydrogen (secondary N) is 1. The van der Waals surface area contributed by atoms with Crippen LogP contribution < -0.4 is 14.8 Å². The molecule has 2 rings (SSSR count). The van der Waals surface area contributed by atoms with Gasteiger partial charge in [-0.2, -0.15) is 5.26 Å². The molecule has 24 heavy (non-hydrogen) atoms. The molecule has 7 nitrogen and oxygen atoms in total. The average molecular weight is 346 g/mol. The van der Waals surface area contributed by atoms with Crippen LogP contribution in [0.15, 0.2) is 29.6 Å². The largest absolute Gasteiger partial charge is 0.493 e. The third kappa shape index (κ3) is 3.83. The van der Waals surface area contributed by atoms with Gasteiger partial charge in [0.05, 0.1) is 19.8 Å². The Hall–Kier alpha value is -3.05. The van der Waals surface area contributed by atoms with E-state index in [-0.39, 0.29) is 11.3 Å². The Morgan fingerprint density at radius 2 is 2.04 bits per heavy atom. The fourth-order valence-electron chi connectivity index (χ4n) is 1.91. The van der Waals surface area contributed by atoms with Crippen LogP contribution in [0, 0.1) is 11.3 Å². The molecule has 0 fully saturated rings. The number of methoxy groups -OCH3 is 2. The molecule has 1 N–H and O–H groups in total. The normalized spacial score (nSPS) is 9.71. The topological polar surface area (TPSA) is 97.6 Å². The van der Waals surface area contributed by atoms with E-state index in [0.29, 0.717) is 16.3 Å². The number of amides is 1. The summed E-state index contributed by atoms with van der Waals surface area (Å²) in [6.45, 7) is -0.484. The lowest BCUT2D eigenvalue weighted by atomic mass is 10.2. The van der Waals surface area contributed by atoms with Gasteiger partial charge in [-0.1, -0.05) is 6.07 Å². The van der Waals surface area contributed by atoms with Gasteiger partial charge in [0, 0.05) is 0 Å². The molecule has 0 saturated heterocycles. The number of esters is 1. The molecule has 124 valence electrons. The lowest BCUT2D eigenvalue weighted by Crippen LogP contribution is -2.21. The van der Waals surface area contributed by atoms with E-state index < -0.39 is 18.5 Å². The first-order valence-corrected chi connectivity index (χ1v) is 7.64. The predicted octanol–water partition coefficient (Wildman–Crippen LogP) is 2.43. The number of ether oxygens (including phenoxy) is 3. The van der Waals surface area contributed by atoms with Gasteiger partial charge in [0.15, 0.2) is 18.1 Å². The first kappa shape index (κ1) is 17.3. The van der Waals surface area contributed by atoms with Crippen molar-refractivity contribution in [2.24, 2.45) is 0 Å². The highest BCUT2D eigenvalue weighted by Crippen LogP contribution is 2.31. The molecule has 1 aromatic carbocycles. The number of anilines is 1. The van der Waals surface area contributed by atoms with Gasteiger partial charge in [-0.15, -0.1) is 11.3 Å². The van der Waals surface area contributed by atoms with Gasteiger partial charge in [0.25, 0.3) is 5.91 Å². The Morgan fingerprint density at radius 3 is 2.71 bits per heavy atom. The fraction of sp³-hybridized carbons (Fsp3) is 0.188. The lowest BCUT2D eigenvalue weighted by Gasteiger charge is -2.12. The smallest absolute Gasteiger partial charge is 0.342 e. The van der Waals surface area contributed by atoms with Crippen LogP contribution >= 0.6 is 11.3 Å². The van der Waals surface area contributed by atoms with Gasteiger partial charge >= 0.3 is 5.97 Å². The number of thiophene rings is 1. The maximum Gasteiger partial charge on any atom is 0.342 e.